The quantitative estimate of drug-likeness (QED) is 0.941. The molecule has 2 aromatic rings. The van der Waals surface area contributed by atoms with Crippen molar-refractivity contribution in [2.24, 2.45) is 0 Å². The zero-order chi connectivity index (χ0) is 15.6. The number of aryl methyl sites for hydroxylation is 1. The van der Waals surface area contributed by atoms with E-state index in [9.17, 15) is 13.2 Å². The molecule has 1 unspecified atom stereocenters. The average Bonchev–Trinajstić information content (AvgIpc) is 2.47. The van der Waals surface area contributed by atoms with E-state index < -0.39 is 21.1 Å². The van der Waals surface area contributed by atoms with Crippen LogP contribution in [-0.4, -0.2) is 19.5 Å². The second-order valence-electron chi connectivity index (χ2n) is 4.88. The molecule has 0 saturated heterocycles. The van der Waals surface area contributed by atoms with Crippen LogP contribution in [0.3, 0.4) is 0 Å². The molecule has 110 valence electrons. The van der Waals surface area contributed by atoms with Gasteiger partial charge in [-0.25, -0.2) is 13.2 Å². The largest absolute Gasteiger partial charge is 0.478 e. The Kier molecular flexibility index (Phi) is 4.14. The van der Waals surface area contributed by atoms with Crippen LogP contribution in [0.1, 0.15) is 33.7 Å². The second-order valence-corrected chi connectivity index (χ2v) is 7.12. The maximum Gasteiger partial charge on any atom is 0.335 e. The number of benzene rings is 2. The fourth-order valence-electron chi connectivity index (χ4n) is 2.13. The first-order valence-electron chi connectivity index (χ1n) is 6.47. The SMILES string of the molecule is Cc1ccc(C(=O)O)cc1S(=O)(=O)C(C)c1ccccc1. The Morgan fingerprint density at radius 1 is 1.10 bits per heavy atom. The second kappa shape index (κ2) is 5.69. The van der Waals surface area contributed by atoms with Gasteiger partial charge in [0, 0.05) is 0 Å². The average molecular weight is 304 g/mol. The smallest absolute Gasteiger partial charge is 0.335 e. The first-order valence-corrected chi connectivity index (χ1v) is 8.01. The number of sulfone groups is 1. The molecule has 0 aromatic heterocycles. The molecule has 0 radical (unpaired) electrons. The number of hydrogen-bond acceptors (Lipinski definition) is 3. The molecule has 1 atom stereocenters. The summed E-state index contributed by atoms with van der Waals surface area (Å²) in [5.74, 6) is -1.14. The van der Waals surface area contributed by atoms with E-state index in [-0.39, 0.29) is 10.5 Å². The van der Waals surface area contributed by atoms with Gasteiger partial charge in [-0.3, -0.25) is 0 Å². The van der Waals surface area contributed by atoms with Crippen LogP contribution in [0.4, 0.5) is 0 Å². The van der Waals surface area contributed by atoms with Crippen molar-refractivity contribution in [3.8, 4) is 0 Å². The van der Waals surface area contributed by atoms with Gasteiger partial charge in [-0.05, 0) is 37.1 Å². The highest BCUT2D eigenvalue weighted by Crippen LogP contribution is 2.30. The van der Waals surface area contributed by atoms with Crippen LogP contribution in [0.5, 0.6) is 0 Å². The number of hydrogen-bond donors (Lipinski definition) is 1. The van der Waals surface area contributed by atoms with Crippen LogP contribution >= 0.6 is 0 Å². The third-order valence-electron chi connectivity index (χ3n) is 3.48. The topological polar surface area (TPSA) is 71.4 Å². The molecule has 2 rings (SSSR count). The maximum atomic E-state index is 12.7. The lowest BCUT2D eigenvalue weighted by molar-refractivity contribution is 0.0696. The Morgan fingerprint density at radius 2 is 1.71 bits per heavy atom. The summed E-state index contributed by atoms with van der Waals surface area (Å²) in [5.41, 5.74) is 1.19. The molecule has 5 heteroatoms. The number of carboxylic acids is 1. The van der Waals surface area contributed by atoms with Crippen LogP contribution < -0.4 is 0 Å². The molecular weight excluding hydrogens is 288 g/mol. The molecule has 2 aromatic carbocycles. The molecule has 4 nitrogen and oxygen atoms in total. The fourth-order valence-corrected chi connectivity index (χ4v) is 3.84. The first-order chi connectivity index (χ1) is 9.84. The molecule has 0 amide bonds. The minimum atomic E-state index is -3.64. The minimum Gasteiger partial charge on any atom is -0.478 e. The zero-order valence-corrected chi connectivity index (χ0v) is 12.6. The molecule has 0 heterocycles. The van der Waals surface area contributed by atoms with Crippen molar-refractivity contribution < 1.29 is 18.3 Å². The van der Waals surface area contributed by atoms with Gasteiger partial charge in [-0.2, -0.15) is 0 Å². The van der Waals surface area contributed by atoms with Gasteiger partial charge in [0.1, 0.15) is 0 Å². The Morgan fingerprint density at radius 3 is 2.29 bits per heavy atom. The van der Waals surface area contributed by atoms with Crippen LogP contribution in [0.2, 0.25) is 0 Å². The van der Waals surface area contributed by atoms with Gasteiger partial charge in [0.25, 0.3) is 0 Å². The lowest BCUT2D eigenvalue weighted by Gasteiger charge is -2.15. The lowest BCUT2D eigenvalue weighted by atomic mass is 10.1. The molecule has 0 aliphatic rings. The normalized spacial score (nSPS) is 12.9. The maximum absolute atomic E-state index is 12.7. The van der Waals surface area contributed by atoms with E-state index >= 15 is 0 Å². The Balaban J connectivity index is 2.54. The van der Waals surface area contributed by atoms with Crippen molar-refractivity contribution in [1.29, 1.82) is 0 Å². The highest BCUT2D eigenvalue weighted by atomic mass is 32.2. The molecule has 0 aliphatic heterocycles. The van der Waals surface area contributed by atoms with Crippen LogP contribution in [0.25, 0.3) is 0 Å². The van der Waals surface area contributed by atoms with Gasteiger partial charge in [0.2, 0.25) is 0 Å². The predicted octanol–water partition coefficient (Wildman–Crippen LogP) is 3.23. The molecule has 0 spiro atoms. The summed E-state index contributed by atoms with van der Waals surface area (Å²) in [6.45, 7) is 3.27. The molecule has 1 N–H and O–H groups in total. The van der Waals surface area contributed by atoms with E-state index in [0.29, 0.717) is 11.1 Å². The summed E-state index contributed by atoms with van der Waals surface area (Å²) in [4.78, 5) is 11.1. The predicted molar refractivity (Wildman–Crippen MR) is 80.2 cm³/mol. The molecule has 0 fully saturated rings. The Bertz CT molecular complexity index is 764. The summed E-state index contributed by atoms with van der Waals surface area (Å²) in [5, 5.41) is 8.29. The number of carboxylic acid groups (broad SMARTS) is 1. The number of aromatic carboxylic acids is 1. The van der Waals surface area contributed by atoms with Gasteiger partial charge >= 0.3 is 5.97 Å². The zero-order valence-electron chi connectivity index (χ0n) is 11.8. The molecule has 0 bridgehead atoms. The van der Waals surface area contributed by atoms with E-state index in [4.69, 9.17) is 5.11 Å². The minimum absolute atomic E-state index is 0.0283. The van der Waals surface area contributed by atoms with Crippen molar-refractivity contribution in [1.82, 2.24) is 0 Å². The fraction of sp³-hybridized carbons (Fsp3) is 0.188. The van der Waals surface area contributed by atoms with Crippen LogP contribution in [0, 0.1) is 6.92 Å². The van der Waals surface area contributed by atoms with E-state index in [2.05, 4.69) is 0 Å². The highest BCUT2D eigenvalue weighted by molar-refractivity contribution is 7.91. The van der Waals surface area contributed by atoms with E-state index in [1.165, 1.54) is 18.2 Å². The lowest BCUT2D eigenvalue weighted by Crippen LogP contribution is -2.13. The van der Waals surface area contributed by atoms with Crippen molar-refractivity contribution in [3.63, 3.8) is 0 Å². The number of rotatable bonds is 4. The van der Waals surface area contributed by atoms with E-state index in [0.717, 1.165) is 0 Å². The van der Waals surface area contributed by atoms with E-state index in [1.807, 2.05) is 6.07 Å². The summed E-state index contributed by atoms with van der Waals surface area (Å²) in [6, 6.07) is 13.0. The van der Waals surface area contributed by atoms with Crippen molar-refractivity contribution in [2.45, 2.75) is 24.0 Å². The summed E-state index contributed by atoms with van der Waals surface area (Å²) in [6.07, 6.45) is 0. The Labute approximate surface area is 124 Å². The third-order valence-corrected chi connectivity index (χ3v) is 5.73. The van der Waals surface area contributed by atoms with Gasteiger partial charge < -0.3 is 5.11 Å². The van der Waals surface area contributed by atoms with Gasteiger partial charge in [-0.1, -0.05) is 36.4 Å². The van der Waals surface area contributed by atoms with Crippen molar-refractivity contribution in [3.05, 3.63) is 65.2 Å². The standard InChI is InChI=1S/C16H16O4S/c1-11-8-9-14(16(17)18)10-15(11)21(19,20)12(2)13-6-4-3-5-7-13/h3-10,12H,1-2H3,(H,17,18). The van der Waals surface area contributed by atoms with Gasteiger partial charge in [0.15, 0.2) is 9.84 Å². The molecule has 21 heavy (non-hydrogen) atoms. The van der Waals surface area contributed by atoms with Crippen LogP contribution in [-0.2, 0) is 9.84 Å². The monoisotopic (exact) mass is 304 g/mol. The molecule has 0 saturated carbocycles. The third kappa shape index (κ3) is 2.97. The van der Waals surface area contributed by atoms with Crippen molar-refractivity contribution in [2.75, 3.05) is 0 Å². The number of carbonyl (C=O) groups is 1. The first kappa shape index (κ1) is 15.3. The van der Waals surface area contributed by atoms with Crippen LogP contribution in [0.15, 0.2) is 53.4 Å². The summed E-state index contributed by atoms with van der Waals surface area (Å²) >= 11 is 0. The molecular formula is C16H16O4S. The van der Waals surface area contributed by atoms with E-state index in [1.54, 1.807) is 38.1 Å². The highest BCUT2D eigenvalue weighted by Gasteiger charge is 2.27. The van der Waals surface area contributed by atoms with Gasteiger partial charge in [-0.15, -0.1) is 0 Å². The summed E-state index contributed by atoms with van der Waals surface area (Å²) in [7, 11) is -3.64. The van der Waals surface area contributed by atoms with Crippen molar-refractivity contribution >= 4 is 15.8 Å². The Hall–Kier alpha value is -2.14. The summed E-state index contributed by atoms with van der Waals surface area (Å²) < 4.78 is 25.5. The van der Waals surface area contributed by atoms with Gasteiger partial charge in [0.05, 0.1) is 15.7 Å². The molecule has 0 aliphatic carbocycles.